The lowest BCUT2D eigenvalue weighted by Gasteiger charge is -2.32. The van der Waals surface area contributed by atoms with E-state index in [0.717, 1.165) is 37.3 Å². The normalized spacial score (nSPS) is 20.3. The molecule has 0 radical (unpaired) electrons. The molecule has 1 aliphatic heterocycles. The van der Waals surface area contributed by atoms with Crippen LogP contribution in [0, 0.1) is 5.92 Å². The van der Waals surface area contributed by atoms with Crippen LogP contribution in [0.4, 0.5) is 5.82 Å². The minimum Gasteiger partial charge on any atom is -0.396 e. The van der Waals surface area contributed by atoms with E-state index in [2.05, 4.69) is 19.9 Å². The van der Waals surface area contributed by atoms with E-state index in [1.165, 1.54) is 0 Å². The van der Waals surface area contributed by atoms with Crippen LogP contribution in [0.3, 0.4) is 0 Å². The molecule has 0 bridgehead atoms. The van der Waals surface area contributed by atoms with Gasteiger partial charge in [-0.2, -0.15) is 0 Å². The number of anilines is 1. The number of aromatic nitrogens is 3. The quantitative estimate of drug-likeness (QED) is 0.861. The third-order valence-corrected chi connectivity index (χ3v) is 3.42. The second-order valence-corrected chi connectivity index (χ2v) is 4.71. The largest absolute Gasteiger partial charge is 0.396 e. The molecule has 0 aliphatic carbocycles. The molecule has 0 spiro atoms. The average molecular weight is 244 g/mol. The third kappa shape index (κ3) is 2.13. The highest BCUT2D eigenvalue weighted by atomic mass is 16.3. The van der Waals surface area contributed by atoms with Crippen LogP contribution in [0.2, 0.25) is 0 Å². The number of pyridine rings is 1. The number of aliphatic hydroxyl groups is 1. The molecule has 2 aromatic heterocycles. The number of hydrogen-bond acceptors (Lipinski definition) is 5. The van der Waals surface area contributed by atoms with E-state index < -0.39 is 0 Å². The molecule has 5 nitrogen and oxygen atoms in total. The lowest BCUT2D eigenvalue weighted by molar-refractivity contribution is 0.208. The van der Waals surface area contributed by atoms with Crippen molar-refractivity contribution in [1.29, 1.82) is 0 Å². The predicted molar refractivity (Wildman–Crippen MR) is 69.4 cm³/mol. The highest BCUT2D eigenvalue weighted by molar-refractivity contribution is 5.71. The summed E-state index contributed by atoms with van der Waals surface area (Å²) in [5, 5.41) is 9.26. The fraction of sp³-hybridized carbons (Fsp3) is 0.462. The van der Waals surface area contributed by atoms with Crippen LogP contribution >= 0.6 is 0 Å². The van der Waals surface area contributed by atoms with E-state index in [-0.39, 0.29) is 6.61 Å². The second kappa shape index (κ2) is 4.86. The van der Waals surface area contributed by atoms with Gasteiger partial charge in [0.15, 0.2) is 5.65 Å². The standard InChI is InChI=1S/C13H16N4O/c18-9-10-2-1-7-17(8-10)12-4-3-11-13(16-12)15-6-5-14-11/h3-6,10,18H,1-2,7-9H2/t10-/m0/s1. The number of fused-ring (bicyclic) bond motifs is 1. The van der Waals surface area contributed by atoms with Crippen molar-refractivity contribution >= 4 is 17.0 Å². The molecule has 18 heavy (non-hydrogen) atoms. The van der Waals surface area contributed by atoms with Crippen molar-refractivity contribution in [2.45, 2.75) is 12.8 Å². The smallest absolute Gasteiger partial charge is 0.180 e. The molecule has 0 aromatic carbocycles. The highest BCUT2D eigenvalue weighted by Gasteiger charge is 2.20. The maximum absolute atomic E-state index is 9.26. The summed E-state index contributed by atoms with van der Waals surface area (Å²) < 4.78 is 0. The van der Waals surface area contributed by atoms with Gasteiger partial charge in [0, 0.05) is 32.1 Å². The molecule has 1 aliphatic rings. The molecule has 3 heterocycles. The van der Waals surface area contributed by atoms with E-state index in [1.807, 2.05) is 12.1 Å². The van der Waals surface area contributed by atoms with Crippen LogP contribution in [-0.4, -0.2) is 39.8 Å². The number of nitrogens with zero attached hydrogens (tertiary/aromatic N) is 4. The van der Waals surface area contributed by atoms with Gasteiger partial charge in [-0.1, -0.05) is 0 Å². The Morgan fingerprint density at radius 1 is 1.28 bits per heavy atom. The van der Waals surface area contributed by atoms with Crippen molar-refractivity contribution in [2.24, 2.45) is 5.92 Å². The summed E-state index contributed by atoms with van der Waals surface area (Å²) in [4.78, 5) is 15.2. The van der Waals surface area contributed by atoms with Crippen LogP contribution in [0.15, 0.2) is 24.5 Å². The SMILES string of the molecule is OC[C@H]1CCCN(c2ccc3nccnc3n2)C1. The van der Waals surface area contributed by atoms with Crippen LogP contribution in [-0.2, 0) is 0 Å². The summed E-state index contributed by atoms with van der Waals surface area (Å²) in [5.74, 6) is 1.29. The lowest BCUT2D eigenvalue weighted by Crippen LogP contribution is -2.37. The molecule has 3 rings (SSSR count). The molecular weight excluding hydrogens is 228 g/mol. The molecule has 2 aromatic rings. The lowest BCUT2D eigenvalue weighted by atomic mass is 9.99. The monoisotopic (exact) mass is 244 g/mol. The summed E-state index contributed by atoms with van der Waals surface area (Å²) in [6.07, 6.45) is 5.53. The van der Waals surface area contributed by atoms with Gasteiger partial charge < -0.3 is 10.0 Å². The van der Waals surface area contributed by atoms with Crippen molar-refractivity contribution in [3.05, 3.63) is 24.5 Å². The zero-order valence-electron chi connectivity index (χ0n) is 10.2. The van der Waals surface area contributed by atoms with Gasteiger partial charge in [-0.15, -0.1) is 0 Å². The summed E-state index contributed by atoms with van der Waals surface area (Å²) in [5.41, 5.74) is 1.50. The first-order valence-electron chi connectivity index (χ1n) is 6.30. The van der Waals surface area contributed by atoms with Crippen molar-refractivity contribution in [3.8, 4) is 0 Å². The Morgan fingerprint density at radius 3 is 3.06 bits per heavy atom. The van der Waals surface area contributed by atoms with E-state index in [0.29, 0.717) is 11.6 Å². The fourth-order valence-electron chi connectivity index (χ4n) is 2.44. The molecule has 1 fully saturated rings. The first kappa shape index (κ1) is 11.3. The second-order valence-electron chi connectivity index (χ2n) is 4.71. The Balaban J connectivity index is 1.89. The van der Waals surface area contributed by atoms with Crippen LogP contribution < -0.4 is 4.90 Å². The Bertz CT molecular complexity index is 545. The molecule has 1 N–H and O–H groups in total. The highest BCUT2D eigenvalue weighted by Crippen LogP contribution is 2.22. The Labute approximate surface area is 106 Å². The number of aliphatic hydroxyl groups excluding tert-OH is 1. The summed E-state index contributed by atoms with van der Waals surface area (Å²) in [7, 11) is 0. The number of piperidine rings is 1. The zero-order valence-corrected chi connectivity index (χ0v) is 10.2. The molecular formula is C13H16N4O. The van der Waals surface area contributed by atoms with Gasteiger partial charge in [0.1, 0.15) is 11.3 Å². The maximum atomic E-state index is 9.26. The van der Waals surface area contributed by atoms with Crippen LogP contribution in [0.5, 0.6) is 0 Å². The van der Waals surface area contributed by atoms with Crippen LogP contribution in [0.1, 0.15) is 12.8 Å². The molecule has 5 heteroatoms. The van der Waals surface area contributed by atoms with Gasteiger partial charge >= 0.3 is 0 Å². The molecule has 94 valence electrons. The first-order chi connectivity index (χ1) is 8.86. The molecule has 0 saturated carbocycles. The topological polar surface area (TPSA) is 62.1 Å². The van der Waals surface area contributed by atoms with Gasteiger partial charge in [-0.3, -0.25) is 4.98 Å². The molecule has 1 atom stereocenters. The predicted octanol–water partition coefficient (Wildman–Crippen LogP) is 1.23. The van der Waals surface area contributed by atoms with Gasteiger partial charge in [0.25, 0.3) is 0 Å². The minimum atomic E-state index is 0.254. The Morgan fingerprint density at radius 2 is 2.17 bits per heavy atom. The van der Waals surface area contributed by atoms with E-state index in [4.69, 9.17) is 0 Å². The maximum Gasteiger partial charge on any atom is 0.180 e. The first-order valence-corrected chi connectivity index (χ1v) is 6.30. The zero-order chi connectivity index (χ0) is 12.4. The van der Waals surface area contributed by atoms with E-state index in [1.54, 1.807) is 12.4 Å². The van der Waals surface area contributed by atoms with Crippen molar-refractivity contribution in [3.63, 3.8) is 0 Å². The summed E-state index contributed by atoms with van der Waals surface area (Å²) in [6.45, 7) is 2.12. The fourth-order valence-corrected chi connectivity index (χ4v) is 2.44. The van der Waals surface area contributed by atoms with Gasteiger partial charge in [0.05, 0.1) is 0 Å². The molecule has 0 unspecified atom stereocenters. The molecule has 0 amide bonds. The Kier molecular flexibility index (Phi) is 3.06. The summed E-state index contributed by atoms with van der Waals surface area (Å²) in [6, 6.07) is 3.93. The van der Waals surface area contributed by atoms with Crippen LogP contribution in [0.25, 0.3) is 11.2 Å². The minimum absolute atomic E-state index is 0.254. The van der Waals surface area contributed by atoms with Gasteiger partial charge in [0.2, 0.25) is 0 Å². The Hall–Kier alpha value is -1.75. The number of hydrogen-bond donors (Lipinski definition) is 1. The van der Waals surface area contributed by atoms with Crippen molar-refractivity contribution in [2.75, 3.05) is 24.6 Å². The van der Waals surface area contributed by atoms with Gasteiger partial charge in [-0.05, 0) is 30.9 Å². The van der Waals surface area contributed by atoms with E-state index >= 15 is 0 Å². The molecule has 1 saturated heterocycles. The summed E-state index contributed by atoms with van der Waals surface area (Å²) >= 11 is 0. The third-order valence-electron chi connectivity index (χ3n) is 3.42. The van der Waals surface area contributed by atoms with Crippen molar-refractivity contribution < 1.29 is 5.11 Å². The average Bonchev–Trinajstić information content (AvgIpc) is 2.47. The van der Waals surface area contributed by atoms with E-state index in [9.17, 15) is 5.11 Å². The van der Waals surface area contributed by atoms with Crippen molar-refractivity contribution in [1.82, 2.24) is 15.0 Å². The van der Waals surface area contributed by atoms with Gasteiger partial charge in [-0.25, -0.2) is 9.97 Å². The number of rotatable bonds is 2.